The minimum Gasteiger partial charge on any atom is -2.00 e. The Kier molecular flexibility index (Phi) is 25.3. The standard InChI is InChI=1S/CH2O3.Fe.O/c2-1(3)4;;/h(H2,2,3,4);;/q;+4;-2/p-2. The second-order valence-corrected chi connectivity index (χ2v) is 0.250. The average Bonchev–Trinajstić information content (AvgIpc) is 0.811. The number of carbonyl (C=O) groups is 1. The van der Waals surface area contributed by atoms with Crippen molar-refractivity contribution in [2.75, 3.05) is 0 Å². The van der Waals surface area contributed by atoms with E-state index in [-0.39, 0.29) is 22.5 Å². The molecule has 0 saturated heterocycles. The van der Waals surface area contributed by atoms with E-state index in [1.54, 1.807) is 0 Å². The molecule has 0 rings (SSSR count). The van der Waals surface area contributed by atoms with E-state index < -0.39 is 6.16 Å². The molecule has 0 aliphatic heterocycles. The van der Waals surface area contributed by atoms with E-state index in [1.165, 1.54) is 0 Å². The third-order valence-electron chi connectivity index (χ3n) is 0. The average molecular weight is 132 g/mol. The van der Waals surface area contributed by atoms with Crippen molar-refractivity contribution in [1.82, 2.24) is 0 Å². The zero-order chi connectivity index (χ0) is 3.58. The third-order valence-corrected chi connectivity index (χ3v) is 0. The summed E-state index contributed by atoms with van der Waals surface area (Å²) in [4.78, 5) is 8.33. The molecule has 0 spiro atoms. The van der Waals surface area contributed by atoms with Gasteiger partial charge in [0.1, 0.15) is 0 Å². The minimum atomic E-state index is -2.33. The van der Waals surface area contributed by atoms with Gasteiger partial charge in [0.2, 0.25) is 0 Å². The Labute approximate surface area is 44.6 Å². The summed E-state index contributed by atoms with van der Waals surface area (Å²) < 4.78 is 0. The summed E-state index contributed by atoms with van der Waals surface area (Å²) in [5.41, 5.74) is 0. The molecule has 36 valence electrons. The predicted molar refractivity (Wildman–Crippen MR) is 6.08 cm³/mol. The molecule has 5 heteroatoms. The fraction of sp³-hybridized carbons (Fsp3) is 0. The molecule has 0 saturated carbocycles. The molecule has 0 unspecified atom stereocenters. The predicted octanol–water partition coefficient (Wildman–Crippen LogP) is -2.57. The van der Waals surface area contributed by atoms with Crippen molar-refractivity contribution in [1.29, 1.82) is 0 Å². The molecule has 6 heavy (non-hydrogen) atoms. The van der Waals surface area contributed by atoms with Gasteiger partial charge in [-0.15, -0.1) is 0 Å². The summed E-state index contributed by atoms with van der Waals surface area (Å²) in [6.45, 7) is 0. The summed E-state index contributed by atoms with van der Waals surface area (Å²) in [5.74, 6) is 0. The Morgan fingerprint density at radius 3 is 1.33 bits per heavy atom. The van der Waals surface area contributed by atoms with E-state index in [0.717, 1.165) is 0 Å². The Balaban J connectivity index is -0.0000000450. The molecule has 4 nitrogen and oxygen atoms in total. The molecule has 0 aliphatic carbocycles. The van der Waals surface area contributed by atoms with Gasteiger partial charge in [-0.2, -0.15) is 0 Å². The first-order valence-corrected chi connectivity index (χ1v) is 0.612. The van der Waals surface area contributed by atoms with Gasteiger partial charge < -0.3 is 20.5 Å². The van der Waals surface area contributed by atoms with Crippen molar-refractivity contribution in [2.45, 2.75) is 0 Å². The van der Waals surface area contributed by atoms with Crippen LogP contribution in [0.4, 0.5) is 4.79 Å². The van der Waals surface area contributed by atoms with Gasteiger partial charge in [-0.3, -0.25) is 0 Å². The molecule has 0 bridgehead atoms. The summed E-state index contributed by atoms with van der Waals surface area (Å²) >= 11 is 0. The van der Waals surface area contributed by atoms with Crippen molar-refractivity contribution in [3.63, 3.8) is 0 Å². The smallest absolute Gasteiger partial charge is 2.00 e. The van der Waals surface area contributed by atoms with Crippen LogP contribution in [0.15, 0.2) is 0 Å². The van der Waals surface area contributed by atoms with Crippen LogP contribution in [0.1, 0.15) is 0 Å². The van der Waals surface area contributed by atoms with E-state index in [1.807, 2.05) is 0 Å². The van der Waals surface area contributed by atoms with Crippen molar-refractivity contribution < 1.29 is 37.6 Å². The molecule has 0 aromatic rings. The molecule has 0 fully saturated rings. The largest absolute Gasteiger partial charge is 4.00 e. The number of hydrogen-bond donors (Lipinski definition) is 0. The molecular formula is CFeO4. The fourth-order valence-corrected chi connectivity index (χ4v) is 0. The molecule has 0 heterocycles. The van der Waals surface area contributed by atoms with Crippen LogP contribution in [0.3, 0.4) is 0 Å². The quantitative estimate of drug-likeness (QED) is 0.339. The van der Waals surface area contributed by atoms with Crippen LogP contribution in [0.2, 0.25) is 0 Å². The van der Waals surface area contributed by atoms with Crippen molar-refractivity contribution in [3.05, 3.63) is 0 Å². The number of rotatable bonds is 0. The zero-order valence-electron chi connectivity index (χ0n) is 2.49. The van der Waals surface area contributed by atoms with Crippen LogP contribution < -0.4 is 10.2 Å². The van der Waals surface area contributed by atoms with E-state index in [9.17, 15) is 0 Å². The van der Waals surface area contributed by atoms with Gasteiger partial charge >= 0.3 is 17.1 Å². The number of carboxylic acid groups (broad SMARTS) is 2. The molecule has 0 aromatic carbocycles. The maximum atomic E-state index is 8.33. The number of carbonyl (C=O) groups excluding carboxylic acids is 1. The maximum absolute atomic E-state index is 8.33. The van der Waals surface area contributed by atoms with Crippen LogP contribution in [0.25, 0.3) is 0 Å². The first kappa shape index (κ1) is 17.2. The third kappa shape index (κ3) is 452. The number of hydrogen-bond acceptors (Lipinski definition) is 3. The normalized spacial score (nSPS) is 4.00. The van der Waals surface area contributed by atoms with Crippen LogP contribution in [0, 0.1) is 0 Å². The van der Waals surface area contributed by atoms with Gasteiger partial charge in [0, 0.05) is 0 Å². The maximum Gasteiger partial charge on any atom is 4.00 e. The Morgan fingerprint density at radius 2 is 1.33 bits per heavy atom. The van der Waals surface area contributed by atoms with E-state index in [4.69, 9.17) is 15.0 Å². The van der Waals surface area contributed by atoms with Gasteiger partial charge in [0.15, 0.2) is 0 Å². The molecule has 0 amide bonds. The Morgan fingerprint density at radius 1 is 1.33 bits per heavy atom. The molecule has 0 aromatic heterocycles. The SMILES string of the molecule is O=C([O-])[O-].[Fe+4].[O-2]. The van der Waals surface area contributed by atoms with Gasteiger partial charge in [-0.1, -0.05) is 0 Å². The van der Waals surface area contributed by atoms with Crippen molar-refractivity contribution >= 4 is 6.16 Å². The second kappa shape index (κ2) is 8.83. The first-order valence-electron chi connectivity index (χ1n) is 0.612. The summed E-state index contributed by atoms with van der Waals surface area (Å²) in [7, 11) is 0. The Hall–Kier alpha value is -0.251. The van der Waals surface area contributed by atoms with E-state index >= 15 is 0 Å². The molecular weight excluding hydrogens is 132 g/mol. The molecule has 0 atom stereocenters. The summed E-state index contributed by atoms with van der Waals surface area (Å²) in [6, 6.07) is 0. The molecule has 0 aliphatic rings. The second-order valence-electron chi connectivity index (χ2n) is 0.250. The van der Waals surface area contributed by atoms with Crippen molar-refractivity contribution in [3.8, 4) is 0 Å². The van der Waals surface area contributed by atoms with Crippen LogP contribution in [0.5, 0.6) is 0 Å². The van der Waals surface area contributed by atoms with Gasteiger partial charge in [0.25, 0.3) is 0 Å². The topological polar surface area (TPSA) is 91.7 Å². The fourth-order valence-electron chi connectivity index (χ4n) is 0. The van der Waals surface area contributed by atoms with E-state index in [2.05, 4.69) is 0 Å². The monoisotopic (exact) mass is 132 g/mol. The van der Waals surface area contributed by atoms with Gasteiger partial charge in [-0.25, -0.2) is 0 Å². The first-order chi connectivity index (χ1) is 1.73. The summed E-state index contributed by atoms with van der Waals surface area (Å²) in [6.07, 6.45) is -2.33. The van der Waals surface area contributed by atoms with Crippen LogP contribution in [-0.4, -0.2) is 6.16 Å². The summed E-state index contributed by atoms with van der Waals surface area (Å²) in [5, 5.41) is 16.7. The van der Waals surface area contributed by atoms with Crippen LogP contribution >= 0.6 is 0 Å². The van der Waals surface area contributed by atoms with Gasteiger partial charge in [-0.05, 0) is 6.16 Å². The van der Waals surface area contributed by atoms with Gasteiger partial charge in [0.05, 0.1) is 0 Å². The van der Waals surface area contributed by atoms with Crippen molar-refractivity contribution in [2.24, 2.45) is 0 Å². The molecule has 0 N–H and O–H groups in total. The molecule has 0 radical (unpaired) electrons. The van der Waals surface area contributed by atoms with Crippen LogP contribution in [-0.2, 0) is 22.5 Å². The van der Waals surface area contributed by atoms with E-state index in [0.29, 0.717) is 0 Å². The minimum absolute atomic E-state index is 0. The Bertz CT molecular complexity index is 30.5. The zero-order valence-corrected chi connectivity index (χ0v) is 3.59.